The molecule has 0 aliphatic rings. The first-order valence-electron chi connectivity index (χ1n) is 5.58. The summed E-state index contributed by atoms with van der Waals surface area (Å²) in [7, 11) is 0. The number of hydrogen-bond donors (Lipinski definition) is 3. The molecule has 0 atom stereocenters. The van der Waals surface area contributed by atoms with E-state index < -0.39 is 24.0 Å². The molecule has 0 fully saturated rings. The molecule has 110 valence electrons. The Morgan fingerprint density at radius 1 is 1.38 bits per heavy atom. The number of benzene rings is 1. The summed E-state index contributed by atoms with van der Waals surface area (Å²) < 4.78 is 28.8. The van der Waals surface area contributed by atoms with Crippen LogP contribution in [-0.4, -0.2) is 15.2 Å². The zero-order chi connectivity index (χ0) is 15.6. The molecular formula is C12H8BrF2N3OS2. The Morgan fingerprint density at radius 2 is 2.10 bits per heavy atom. The third kappa shape index (κ3) is 3.86. The number of rotatable bonds is 2. The molecule has 0 saturated heterocycles. The Labute approximate surface area is 137 Å². The summed E-state index contributed by atoms with van der Waals surface area (Å²) in [4.78, 5) is 15.5. The molecule has 0 bridgehead atoms. The number of amides is 1. The van der Waals surface area contributed by atoms with Crippen LogP contribution in [0, 0.1) is 11.6 Å². The number of halogens is 3. The van der Waals surface area contributed by atoms with Crippen LogP contribution >= 0.6 is 40.8 Å². The summed E-state index contributed by atoms with van der Waals surface area (Å²) >= 11 is 11.5. The van der Waals surface area contributed by atoms with Gasteiger partial charge in [0.05, 0.1) is 11.9 Å². The lowest BCUT2D eigenvalue weighted by Gasteiger charge is -2.09. The van der Waals surface area contributed by atoms with E-state index in [0.29, 0.717) is 4.47 Å². The van der Waals surface area contributed by atoms with Crippen LogP contribution in [0.25, 0.3) is 10.9 Å². The van der Waals surface area contributed by atoms with Gasteiger partial charge in [0, 0.05) is 27.7 Å². The smallest absolute Gasteiger partial charge is 0.242 e. The van der Waals surface area contributed by atoms with Crippen molar-refractivity contribution in [1.29, 1.82) is 0 Å². The molecule has 1 heterocycles. The van der Waals surface area contributed by atoms with Crippen molar-refractivity contribution in [2.45, 2.75) is 6.42 Å². The number of carbonyl (C=O) groups excluding carboxylic acids is 1. The minimum Gasteiger partial charge on any atom is -0.283 e. The van der Waals surface area contributed by atoms with E-state index in [-0.39, 0.29) is 20.8 Å². The van der Waals surface area contributed by atoms with Gasteiger partial charge in [0.15, 0.2) is 0 Å². The Kier molecular flexibility index (Phi) is 5.07. The van der Waals surface area contributed by atoms with Crippen molar-refractivity contribution in [2.24, 2.45) is 0 Å². The number of fused-ring (bicyclic) bond motifs is 1. The molecule has 0 saturated carbocycles. The van der Waals surface area contributed by atoms with Crippen molar-refractivity contribution >= 4 is 61.9 Å². The molecule has 1 aromatic heterocycles. The SMILES string of the molecule is O=C(Cc1c(F)cc2ncc(Br)cc2c1F)NNC(=S)S. The second kappa shape index (κ2) is 6.63. The fraction of sp³-hybridized carbons (Fsp3) is 0.0833. The highest BCUT2D eigenvalue weighted by Crippen LogP contribution is 2.25. The van der Waals surface area contributed by atoms with Crippen molar-refractivity contribution < 1.29 is 13.6 Å². The molecule has 1 aromatic carbocycles. The molecule has 2 aromatic rings. The zero-order valence-corrected chi connectivity index (χ0v) is 13.6. The van der Waals surface area contributed by atoms with Crippen LogP contribution in [0.15, 0.2) is 22.8 Å². The Balaban J connectivity index is 2.35. The molecule has 4 nitrogen and oxygen atoms in total. The van der Waals surface area contributed by atoms with Gasteiger partial charge in [-0.2, -0.15) is 0 Å². The number of aromatic nitrogens is 1. The van der Waals surface area contributed by atoms with Crippen LogP contribution in [0.1, 0.15) is 5.56 Å². The highest BCUT2D eigenvalue weighted by atomic mass is 79.9. The molecule has 21 heavy (non-hydrogen) atoms. The number of nitrogens with one attached hydrogen (secondary N) is 2. The maximum absolute atomic E-state index is 14.3. The average molecular weight is 392 g/mol. The Morgan fingerprint density at radius 3 is 2.76 bits per heavy atom. The zero-order valence-electron chi connectivity index (χ0n) is 10.3. The molecule has 0 spiro atoms. The van der Waals surface area contributed by atoms with Gasteiger partial charge < -0.3 is 0 Å². The number of carbonyl (C=O) groups is 1. The largest absolute Gasteiger partial charge is 0.283 e. The van der Waals surface area contributed by atoms with Crippen molar-refractivity contribution in [3.8, 4) is 0 Å². The summed E-state index contributed by atoms with van der Waals surface area (Å²) in [5.74, 6) is -2.30. The predicted octanol–water partition coefficient (Wildman–Crippen LogP) is 2.65. The molecule has 0 aliphatic carbocycles. The van der Waals surface area contributed by atoms with E-state index in [1.54, 1.807) is 0 Å². The summed E-state index contributed by atoms with van der Waals surface area (Å²) in [6, 6.07) is 2.56. The third-order valence-corrected chi connectivity index (χ3v) is 3.23. The van der Waals surface area contributed by atoms with Crippen molar-refractivity contribution in [2.75, 3.05) is 0 Å². The van der Waals surface area contributed by atoms with Gasteiger partial charge in [0.2, 0.25) is 5.91 Å². The molecule has 0 radical (unpaired) electrons. The number of thiol groups is 1. The number of pyridine rings is 1. The van der Waals surface area contributed by atoms with Gasteiger partial charge in [0.25, 0.3) is 0 Å². The molecule has 2 rings (SSSR count). The number of hydrogen-bond acceptors (Lipinski definition) is 3. The summed E-state index contributed by atoms with van der Waals surface area (Å²) in [5, 5.41) is 0.131. The van der Waals surface area contributed by atoms with Crippen molar-refractivity contribution in [1.82, 2.24) is 15.8 Å². The average Bonchev–Trinajstić information content (AvgIpc) is 2.42. The van der Waals surface area contributed by atoms with Crippen LogP contribution < -0.4 is 10.9 Å². The van der Waals surface area contributed by atoms with Gasteiger partial charge in [-0.1, -0.05) is 12.2 Å². The summed E-state index contributed by atoms with van der Waals surface area (Å²) in [5.41, 5.74) is 4.29. The fourth-order valence-corrected chi connectivity index (χ4v) is 2.14. The van der Waals surface area contributed by atoms with E-state index in [0.717, 1.165) is 6.07 Å². The highest BCUT2D eigenvalue weighted by molar-refractivity contribution is 9.10. The molecule has 2 N–H and O–H groups in total. The Hall–Kier alpha value is -1.32. The maximum Gasteiger partial charge on any atom is 0.242 e. The molecule has 1 amide bonds. The lowest BCUT2D eigenvalue weighted by molar-refractivity contribution is -0.121. The Bertz CT molecular complexity index is 742. The number of thiocarbonyl (C=S) groups is 1. The first-order chi connectivity index (χ1) is 9.88. The second-order valence-electron chi connectivity index (χ2n) is 4.03. The molecule has 0 unspecified atom stereocenters. The highest BCUT2D eigenvalue weighted by Gasteiger charge is 2.17. The summed E-state index contributed by atoms with van der Waals surface area (Å²) in [6.45, 7) is 0. The van der Waals surface area contributed by atoms with Gasteiger partial charge in [-0.25, -0.2) is 8.78 Å². The van der Waals surface area contributed by atoms with E-state index in [2.05, 4.69) is 56.6 Å². The van der Waals surface area contributed by atoms with Crippen molar-refractivity contribution in [3.05, 3.63) is 40.0 Å². The van der Waals surface area contributed by atoms with Gasteiger partial charge in [-0.05, 0) is 22.0 Å². The van der Waals surface area contributed by atoms with E-state index in [4.69, 9.17) is 0 Å². The minimum atomic E-state index is -0.835. The van der Waals surface area contributed by atoms with Crippen LogP contribution in [0.3, 0.4) is 0 Å². The lowest BCUT2D eigenvalue weighted by atomic mass is 10.1. The van der Waals surface area contributed by atoms with E-state index >= 15 is 0 Å². The predicted molar refractivity (Wildman–Crippen MR) is 85.9 cm³/mol. The van der Waals surface area contributed by atoms with E-state index in [1.807, 2.05) is 0 Å². The fourth-order valence-electron chi connectivity index (χ4n) is 1.71. The van der Waals surface area contributed by atoms with Gasteiger partial charge in [0.1, 0.15) is 16.0 Å². The number of nitrogens with zero attached hydrogens (tertiary/aromatic N) is 1. The van der Waals surface area contributed by atoms with Crippen LogP contribution in [-0.2, 0) is 11.2 Å². The third-order valence-electron chi connectivity index (χ3n) is 2.58. The molecule has 9 heteroatoms. The topological polar surface area (TPSA) is 54.0 Å². The quantitative estimate of drug-likeness (QED) is 0.418. The monoisotopic (exact) mass is 391 g/mol. The van der Waals surface area contributed by atoms with E-state index in [9.17, 15) is 13.6 Å². The van der Waals surface area contributed by atoms with Crippen LogP contribution in [0.4, 0.5) is 8.78 Å². The summed E-state index contributed by atoms with van der Waals surface area (Å²) in [6.07, 6.45) is 0.953. The molecular weight excluding hydrogens is 384 g/mol. The van der Waals surface area contributed by atoms with Gasteiger partial charge in [-0.3, -0.25) is 20.6 Å². The molecule has 0 aliphatic heterocycles. The minimum absolute atomic E-state index is 0.0379. The maximum atomic E-state index is 14.3. The lowest BCUT2D eigenvalue weighted by Crippen LogP contribution is -2.39. The first-order valence-corrected chi connectivity index (χ1v) is 7.23. The standard InChI is InChI=1S/C12H8BrF2N3OS2/c13-5-1-7-9(16-4-5)3-8(14)6(11(7)15)2-10(19)17-18-12(20)21/h1,3-4H,2H2,(H,17,19)(H2,18,20,21). The van der Waals surface area contributed by atoms with Crippen LogP contribution in [0.5, 0.6) is 0 Å². The van der Waals surface area contributed by atoms with Gasteiger partial charge in [-0.15, -0.1) is 12.6 Å². The second-order valence-corrected chi connectivity index (χ2v) is 6.10. The van der Waals surface area contributed by atoms with Crippen LogP contribution in [0.2, 0.25) is 0 Å². The first kappa shape index (κ1) is 16.1. The normalized spacial score (nSPS) is 10.5. The van der Waals surface area contributed by atoms with E-state index in [1.165, 1.54) is 12.3 Å². The van der Waals surface area contributed by atoms with Crippen molar-refractivity contribution in [3.63, 3.8) is 0 Å². The van der Waals surface area contributed by atoms with Gasteiger partial charge >= 0.3 is 0 Å². The number of hydrazine groups is 1.